The van der Waals surface area contributed by atoms with Crippen molar-refractivity contribution in [2.75, 3.05) is 6.61 Å². The molecule has 0 saturated carbocycles. The number of hydrogen-bond donors (Lipinski definition) is 0. The molecule has 0 aliphatic carbocycles. The first-order chi connectivity index (χ1) is 7.47. The summed E-state index contributed by atoms with van der Waals surface area (Å²) in [5.41, 5.74) is 0. The van der Waals surface area contributed by atoms with E-state index >= 15 is 0 Å². The van der Waals surface area contributed by atoms with E-state index in [2.05, 4.69) is 9.47 Å². The Morgan fingerprint density at radius 1 is 1.06 bits per heavy atom. The number of carbonyl (C=O) groups excluding carboxylic acids is 4. The molecule has 0 fully saturated rings. The molecular formula is C10H14O6. The molecule has 6 nitrogen and oxygen atoms in total. The predicted molar refractivity (Wildman–Crippen MR) is 52.3 cm³/mol. The Kier molecular flexibility index (Phi) is 6.74. The van der Waals surface area contributed by atoms with Gasteiger partial charge in [0.15, 0.2) is 0 Å². The van der Waals surface area contributed by atoms with Crippen molar-refractivity contribution in [2.24, 2.45) is 0 Å². The average molecular weight is 230 g/mol. The van der Waals surface area contributed by atoms with E-state index < -0.39 is 30.1 Å². The van der Waals surface area contributed by atoms with E-state index in [-0.39, 0.29) is 6.61 Å². The first kappa shape index (κ1) is 14.3. The number of ether oxygens (including phenoxy) is 2. The Labute approximate surface area is 92.9 Å². The molecule has 0 spiro atoms. The van der Waals surface area contributed by atoms with E-state index in [9.17, 15) is 19.2 Å². The first-order valence-corrected chi connectivity index (χ1v) is 4.88. The van der Waals surface area contributed by atoms with Crippen LogP contribution in [-0.2, 0) is 28.7 Å². The maximum absolute atomic E-state index is 10.9. The van der Waals surface area contributed by atoms with Crippen molar-refractivity contribution in [3.05, 3.63) is 0 Å². The largest absolute Gasteiger partial charge is 0.457 e. The Hall–Kier alpha value is -1.72. The zero-order valence-electron chi connectivity index (χ0n) is 9.28. The van der Waals surface area contributed by atoms with Crippen molar-refractivity contribution in [3.8, 4) is 0 Å². The van der Waals surface area contributed by atoms with Crippen molar-refractivity contribution in [3.63, 3.8) is 0 Å². The summed E-state index contributed by atoms with van der Waals surface area (Å²) in [6.45, 7) is 3.17. The van der Waals surface area contributed by atoms with Gasteiger partial charge < -0.3 is 9.47 Å². The molecule has 0 saturated heterocycles. The zero-order valence-corrected chi connectivity index (χ0v) is 9.28. The molecule has 0 bridgehead atoms. The number of hydrogen-bond acceptors (Lipinski definition) is 6. The molecule has 0 heterocycles. The lowest BCUT2D eigenvalue weighted by molar-refractivity contribution is -0.173. The second-order valence-corrected chi connectivity index (χ2v) is 3.13. The van der Waals surface area contributed by atoms with Gasteiger partial charge in [-0.25, -0.2) is 9.59 Å². The van der Waals surface area contributed by atoms with Gasteiger partial charge in [-0.3, -0.25) is 9.59 Å². The van der Waals surface area contributed by atoms with Crippen LogP contribution in [0.25, 0.3) is 0 Å². The molecule has 0 atom stereocenters. The van der Waals surface area contributed by atoms with Crippen LogP contribution in [0.15, 0.2) is 0 Å². The van der Waals surface area contributed by atoms with E-state index in [0.717, 1.165) is 6.42 Å². The molecule has 0 N–H and O–H groups in total. The second-order valence-electron chi connectivity index (χ2n) is 3.13. The molecule has 0 radical (unpaired) electrons. The van der Waals surface area contributed by atoms with Crippen molar-refractivity contribution in [1.82, 2.24) is 0 Å². The topological polar surface area (TPSA) is 86.7 Å². The Balaban J connectivity index is 3.91. The van der Waals surface area contributed by atoms with Gasteiger partial charge in [-0.2, -0.15) is 0 Å². The Bertz CT molecular complexity index is 294. The number of unbranched alkanes of at least 4 members (excludes halogenated alkanes) is 1. The highest BCUT2D eigenvalue weighted by atomic mass is 16.6. The molecule has 90 valence electrons. The molecule has 0 aromatic rings. The van der Waals surface area contributed by atoms with Crippen molar-refractivity contribution >= 4 is 23.7 Å². The quantitative estimate of drug-likeness (QED) is 0.293. The van der Waals surface area contributed by atoms with Gasteiger partial charge in [-0.15, -0.1) is 0 Å². The second kappa shape index (κ2) is 7.56. The van der Waals surface area contributed by atoms with E-state index in [1.807, 2.05) is 6.92 Å². The smallest absolute Gasteiger partial charge is 0.425 e. The highest BCUT2D eigenvalue weighted by Gasteiger charge is 2.21. The third kappa shape index (κ3) is 6.69. The minimum atomic E-state index is -1.39. The third-order valence-electron chi connectivity index (χ3n) is 1.50. The van der Waals surface area contributed by atoms with Crippen LogP contribution in [0.3, 0.4) is 0 Å². The van der Waals surface area contributed by atoms with Gasteiger partial charge in [0.1, 0.15) is 12.2 Å². The number of rotatable bonds is 5. The fraction of sp³-hybridized carbons (Fsp3) is 0.600. The Morgan fingerprint density at radius 2 is 1.69 bits per heavy atom. The van der Waals surface area contributed by atoms with E-state index in [1.54, 1.807) is 0 Å². The summed E-state index contributed by atoms with van der Waals surface area (Å²) in [6.07, 6.45) is 0.903. The average Bonchev–Trinajstić information content (AvgIpc) is 2.16. The van der Waals surface area contributed by atoms with Crippen LogP contribution in [-0.4, -0.2) is 30.3 Å². The van der Waals surface area contributed by atoms with Gasteiger partial charge in [-0.05, 0) is 13.3 Å². The minimum Gasteiger partial charge on any atom is -0.457 e. The molecule has 0 aromatic heterocycles. The van der Waals surface area contributed by atoms with Crippen LogP contribution < -0.4 is 0 Å². The first-order valence-electron chi connectivity index (χ1n) is 4.88. The molecule has 0 unspecified atom stereocenters. The van der Waals surface area contributed by atoms with Crippen LogP contribution in [0.5, 0.6) is 0 Å². The molecular weight excluding hydrogens is 216 g/mol. The van der Waals surface area contributed by atoms with E-state index in [4.69, 9.17) is 0 Å². The Morgan fingerprint density at radius 3 is 2.19 bits per heavy atom. The number of esters is 3. The highest BCUT2D eigenvalue weighted by molar-refractivity contribution is 6.31. The number of carbonyl (C=O) groups is 4. The maximum Gasteiger partial charge on any atom is 0.425 e. The van der Waals surface area contributed by atoms with Gasteiger partial charge in [0.05, 0.1) is 6.61 Å². The fourth-order valence-corrected chi connectivity index (χ4v) is 0.753. The summed E-state index contributed by atoms with van der Waals surface area (Å²) < 4.78 is 8.58. The third-order valence-corrected chi connectivity index (χ3v) is 1.50. The van der Waals surface area contributed by atoms with Crippen LogP contribution in [0.1, 0.15) is 33.1 Å². The molecule has 0 aliphatic heterocycles. The fourth-order valence-electron chi connectivity index (χ4n) is 0.753. The van der Waals surface area contributed by atoms with Crippen molar-refractivity contribution < 1.29 is 28.7 Å². The molecule has 0 rings (SSSR count). The highest BCUT2D eigenvalue weighted by Crippen LogP contribution is 1.93. The van der Waals surface area contributed by atoms with Gasteiger partial charge in [0.2, 0.25) is 0 Å². The maximum atomic E-state index is 10.9. The minimum absolute atomic E-state index is 0.103. The molecule has 0 aliphatic rings. The summed E-state index contributed by atoms with van der Waals surface area (Å²) in [4.78, 5) is 43.1. The summed E-state index contributed by atoms with van der Waals surface area (Å²) in [5, 5.41) is 0. The zero-order chi connectivity index (χ0) is 12.6. The predicted octanol–water partition coefficient (Wildman–Crippen LogP) is 0.379. The molecule has 0 aromatic carbocycles. The number of Topliss-reactive ketones (excluding diaryl/α,β-unsaturated/α-hetero) is 1. The van der Waals surface area contributed by atoms with Crippen molar-refractivity contribution in [2.45, 2.75) is 33.1 Å². The molecule has 6 heteroatoms. The summed E-state index contributed by atoms with van der Waals surface area (Å²) in [7, 11) is 0. The van der Waals surface area contributed by atoms with E-state index in [0.29, 0.717) is 6.42 Å². The van der Waals surface area contributed by atoms with Crippen LogP contribution in [0, 0.1) is 0 Å². The van der Waals surface area contributed by atoms with E-state index in [1.165, 1.54) is 6.92 Å². The lowest BCUT2D eigenvalue weighted by atomic mass is 10.3. The van der Waals surface area contributed by atoms with Crippen LogP contribution in [0.2, 0.25) is 0 Å². The number of ketones is 1. The summed E-state index contributed by atoms with van der Waals surface area (Å²) >= 11 is 0. The van der Waals surface area contributed by atoms with Crippen LogP contribution in [0.4, 0.5) is 0 Å². The summed E-state index contributed by atoms with van der Waals surface area (Å²) in [6, 6.07) is 0. The van der Waals surface area contributed by atoms with Crippen LogP contribution >= 0.6 is 0 Å². The van der Waals surface area contributed by atoms with Gasteiger partial charge >= 0.3 is 17.9 Å². The normalized spacial score (nSPS) is 9.38. The van der Waals surface area contributed by atoms with Crippen molar-refractivity contribution in [1.29, 1.82) is 0 Å². The van der Waals surface area contributed by atoms with Gasteiger partial charge in [0, 0.05) is 0 Å². The lowest BCUT2D eigenvalue weighted by Crippen LogP contribution is -2.24. The monoisotopic (exact) mass is 230 g/mol. The van der Waals surface area contributed by atoms with Gasteiger partial charge in [0.25, 0.3) is 0 Å². The molecule has 16 heavy (non-hydrogen) atoms. The lowest BCUT2D eigenvalue weighted by Gasteiger charge is -2.02. The van der Waals surface area contributed by atoms with Gasteiger partial charge in [-0.1, -0.05) is 13.3 Å². The standard InChI is InChI=1S/C10H14O6/c1-3-4-5-15-9(13)10(14)16-8(12)6-7(2)11/h3-6H2,1-2H3. The SMILES string of the molecule is CCCCOC(=O)C(=O)OC(=O)CC(C)=O. The summed E-state index contributed by atoms with van der Waals surface area (Å²) in [5.74, 6) is -4.10. The molecule has 0 amide bonds.